The van der Waals surface area contributed by atoms with E-state index in [1.54, 1.807) is 13.2 Å². The lowest BCUT2D eigenvalue weighted by Crippen LogP contribution is -2.24. The van der Waals surface area contributed by atoms with Crippen molar-refractivity contribution in [1.82, 2.24) is 10.3 Å². The second-order valence-corrected chi connectivity index (χ2v) is 3.21. The summed E-state index contributed by atoms with van der Waals surface area (Å²) < 4.78 is 0. The van der Waals surface area contributed by atoms with E-state index in [2.05, 4.69) is 15.6 Å². The van der Waals surface area contributed by atoms with Crippen molar-refractivity contribution in [2.24, 2.45) is 0 Å². The summed E-state index contributed by atoms with van der Waals surface area (Å²) >= 11 is 1.45. The van der Waals surface area contributed by atoms with Crippen molar-refractivity contribution in [2.75, 3.05) is 12.4 Å². The number of anilines is 1. The predicted molar refractivity (Wildman–Crippen MR) is 44.9 cm³/mol. The van der Waals surface area contributed by atoms with Crippen LogP contribution in [0.15, 0.2) is 6.20 Å². The third-order valence-corrected chi connectivity index (χ3v) is 1.90. The number of thiazole rings is 1. The van der Waals surface area contributed by atoms with Crippen LogP contribution in [-0.4, -0.2) is 18.1 Å². The lowest BCUT2D eigenvalue weighted by molar-refractivity contribution is 0.254. The van der Waals surface area contributed by atoms with Gasteiger partial charge in [0.25, 0.3) is 0 Å². The predicted octanol–water partition coefficient (Wildman–Crippen LogP) is 1.20. The number of aromatic nitrogens is 1. The largest absolute Gasteiger partial charge is 0.341 e. The molecule has 60 valence electrons. The Morgan fingerprint density at radius 3 is 2.91 bits per heavy atom. The quantitative estimate of drug-likeness (QED) is 0.667. The summed E-state index contributed by atoms with van der Waals surface area (Å²) in [7, 11) is 1.57. The maximum absolute atomic E-state index is 10.7. The van der Waals surface area contributed by atoms with Crippen LogP contribution in [0, 0.1) is 6.92 Å². The number of urea groups is 1. The Bertz CT molecular complexity index is 258. The van der Waals surface area contributed by atoms with Gasteiger partial charge in [-0.1, -0.05) is 0 Å². The third-order valence-electron chi connectivity index (χ3n) is 1.07. The molecule has 0 radical (unpaired) electrons. The molecule has 0 fully saturated rings. The van der Waals surface area contributed by atoms with Crippen LogP contribution < -0.4 is 10.6 Å². The summed E-state index contributed by atoms with van der Waals surface area (Å²) in [6, 6.07) is -0.237. The molecule has 4 nitrogen and oxygen atoms in total. The standard InChI is InChI=1S/C6H9N3OS/c1-4-3-8-6(11-4)9-5(10)7-2/h3H,1-2H3,(H2,7,8,9,10). The first-order valence-electron chi connectivity index (χ1n) is 3.13. The molecule has 0 aliphatic carbocycles. The van der Waals surface area contributed by atoms with Gasteiger partial charge in [0.15, 0.2) is 5.13 Å². The Hall–Kier alpha value is -1.10. The summed E-state index contributed by atoms with van der Waals surface area (Å²) in [5, 5.41) is 5.64. The van der Waals surface area contributed by atoms with Gasteiger partial charge < -0.3 is 5.32 Å². The van der Waals surface area contributed by atoms with E-state index in [1.165, 1.54) is 11.3 Å². The molecule has 0 saturated carbocycles. The minimum atomic E-state index is -0.237. The Morgan fingerprint density at radius 2 is 2.45 bits per heavy atom. The second kappa shape index (κ2) is 3.34. The van der Waals surface area contributed by atoms with Crippen LogP contribution in [0.5, 0.6) is 0 Å². The third kappa shape index (κ3) is 2.19. The van der Waals surface area contributed by atoms with E-state index in [9.17, 15) is 4.79 Å². The van der Waals surface area contributed by atoms with Gasteiger partial charge in [-0.15, -0.1) is 11.3 Å². The minimum absolute atomic E-state index is 0.237. The van der Waals surface area contributed by atoms with Crippen LogP contribution in [0.4, 0.5) is 9.93 Å². The first-order chi connectivity index (χ1) is 5.22. The summed E-state index contributed by atoms with van der Waals surface area (Å²) in [5.74, 6) is 0. The van der Waals surface area contributed by atoms with Gasteiger partial charge in [-0.25, -0.2) is 9.78 Å². The van der Waals surface area contributed by atoms with Gasteiger partial charge in [-0.3, -0.25) is 5.32 Å². The van der Waals surface area contributed by atoms with Crippen molar-refractivity contribution in [2.45, 2.75) is 6.92 Å². The molecule has 2 amide bonds. The van der Waals surface area contributed by atoms with Crippen LogP contribution in [-0.2, 0) is 0 Å². The van der Waals surface area contributed by atoms with Gasteiger partial charge in [0.05, 0.1) is 0 Å². The Labute approximate surface area is 68.6 Å². The topological polar surface area (TPSA) is 54.0 Å². The summed E-state index contributed by atoms with van der Waals surface area (Å²) in [6.45, 7) is 1.94. The molecule has 5 heteroatoms. The molecule has 1 aromatic rings. The summed E-state index contributed by atoms with van der Waals surface area (Å²) in [4.78, 5) is 15.8. The molecule has 0 spiro atoms. The van der Waals surface area contributed by atoms with E-state index in [0.29, 0.717) is 5.13 Å². The molecular weight excluding hydrogens is 162 g/mol. The Kier molecular flexibility index (Phi) is 2.43. The second-order valence-electron chi connectivity index (χ2n) is 1.98. The van der Waals surface area contributed by atoms with E-state index < -0.39 is 0 Å². The monoisotopic (exact) mass is 171 g/mol. The van der Waals surface area contributed by atoms with E-state index >= 15 is 0 Å². The SMILES string of the molecule is CNC(=O)Nc1ncc(C)s1. The van der Waals surface area contributed by atoms with Crippen LogP contribution in [0.2, 0.25) is 0 Å². The van der Waals surface area contributed by atoms with Crippen molar-refractivity contribution in [3.05, 3.63) is 11.1 Å². The van der Waals surface area contributed by atoms with Gasteiger partial charge >= 0.3 is 6.03 Å². The molecule has 0 aliphatic rings. The highest BCUT2D eigenvalue weighted by Gasteiger charge is 2.00. The Balaban J connectivity index is 2.57. The van der Waals surface area contributed by atoms with Gasteiger partial charge in [0.1, 0.15) is 0 Å². The lowest BCUT2D eigenvalue weighted by atomic mass is 10.7. The van der Waals surface area contributed by atoms with Crippen LogP contribution >= 0.6 is 11.3 Å². The molecule has 0 aliphatic heterocycles. The van der Waals surface area contributed by atoms with E-state index in [0.717, 1.165) is 4.88 Å². The number of nitrogens with zero attached hydrogens (tertiary/aromatic N) is 1. The summed E-state index contributed by atoms with van der Waals surface area (Å²) in [6.07, 6.45) is 1.72. The average molecular weight is 171 g/mol. The molecule has 1 aromatic heterocycles. The molecule has 0 bridgehead atoms. The first-order valence-corrected chi connectivity index (χ1v) is 3.95. The highest BCUT2D eigenvalue weighted by Crippen LogP contribution is 2.15. The van der Waals surface area contributed by atoms with Gasteiger partial charge in [0, 0.05) is 18.1 Å². The average Bonchev–Trinajstić information content (AvgIpc) is 2.35. The highest BCUT2D eigenvalue weighted by atomic mass is 32.1. The van der Waals surface area contributed by atoms with Gasteiger partial charge in [-0.2, -0.15) is 0 Å². The molecule has 2 N–H and O–H groups in total. The summed E-state index contributed by atoms with van der Waals surface area (Å²) in [5.41, 5.74) is 0. The molecular formula is C6H9N3OS. The molecule has 0 unspecified atom stereocenters. The van der Waals surface area contributed by atoms with Crippen molar-refractivity contribution in [1.29, 1.82) is 0 Å². The maximum Gasteiger partial charge on any atom is 0.320 e. The van der Waals surface area contributed by atoms with Gasteiger partial charge in [0.2, 0.25) is 0 Å². The lowest BCUT2D eigenvalue weighted by Gasteiger charge is -1.97. The molecule has 0 saturated heterocycles. The number of rotatable bonds is 1. The number of hydrogen-bond donors (Lipinski definition) is 2. The number of carbonyl (C=O) groups excluding carboxylic acids is 1. The van der Waals surface area contributed by atoms with E-state index in [1.807, 2.05) is 6.92 Å². The van der Waals surface area contributed by atoms with Crippen LogP contribution in [0.3, 0.4) is 0 Å². The fourth-order valence-corrected chi connectivity index (χ4v) is 1.23. The Morgan fingerprint density at radius 1 is 1.73 bits per heavy atom. The van der Waals surface area contributed by atoms with Crippen molar-refractivity contribution >= 4 is 22.5 Å². The smallest absolute Gasteiger partial charge is 0.320 e. The normalized spacial score (nSPS) is 9.27. The molecule has 1 heterocycles. The fraction of sp³-hybridized carbons (Fsp3) is 0.333. The number of nitrogens with one attached hydrogen (secondary N) is 2. The van der Waals surface area contributed by atoms with Crippen molar-refractivity contribution in [3.8, 4) is 0 Å². The zero-order valence-electron chi connectivity index (χ0n) is 6.34. The molecule has 1 rings (SSSR count). The number of amides is 2. The van der Waals surface area contributed by atoms with E-state index in [4.69, 9.17) is 0 Å². The zero-order valence-corrected chi connectivity index (χ0v) is 7.16. The maximum atomic E-state index is 10.7. The minimum Gasteiger partial charge on any atom is -0.341 e. The van der Waals surface area contributed by atoms with E-state index in [-0.39, 0.29) is 6.03 Å². The number of aryl methyl sites for hydroxylation is 1. The van der Waals surface area contributed by atoms with Crippen LogP contribution in [0.25, 0.3) is 0 Å². The van der Waals surface area contributed by atoms with Crippen molar-refractivity contribution < 1.29 is 4.79 Å². The molecule has 11 heavy (non-hydrogen) atoms. The number of hydrogen-bond acceptors (Lipinski definition) is 3. The molecule has 0 aromatic carbocycles. The molecule has 0 atom stereocenters. The highest BCUT2D eigenvalue weighted by molar-refractivity contribution is 7.15. The van der Waals surface area contributed by atoms with Crippen LogP contribution in [0.1, 0.15) is 4.88 Å². The first kappa shape index (κ1) is 8.00. The fourth-order valence-electron chi connectivity index (χ4n) is 0.572. The van der Waals surface area contributed by atoms with Gasteiger partial charge in [-0.05, 0) is 6.92 Å². The number of carbonyl (C=O) groups is 1. The zero-order chi connectivity index (χ0) is 8.27. The van der Waals surface area contributed by atoms with Crippen molar-refractivity contribution in [3.63, 3.8) is 0 Å².